The number of carbonyl (C=O) groups is 8. The molecule has 0 aliphatic rings. The lowest BCUT2D eigenvalue weighted by atomic mass is 10.0. The molecule has 0 bridgehead atoms. The first-order valence-electron chi connectivity index (χ1n) is 32.3. The maximum absolute atomic E-state index is 14.0. The van der Waals surface area contributed by atoms with E-state index in [1.807, 2.05) is 30.3 Å². The molecule has 532 valence electrons. The molecule has 0 aliphatic carbocycles. The van der Waals surface area contributed by atoms with Gasteiger partial charge in [0.1, 0.15) is 56.2 Å². The van der Waals surface area contributed by atoms with Gasteiger partial charge >= 0.3 is 47.8 Å². The van der Waals surface area contributed by atoms with E-state index in [2.05, 4.69) is 0 Å². The summed E-state index contributed by atoms with van der Waals surface area (Å²) in [6.07, 6.45) is 3.04. The van der Waals surface area contributed by atoms with Gasteiger partial charge in [-0.25, -0.2) is 9.67 Å². The van der Waals surface area contributed by atoms with E-state index in [9.17, 15) is 38.4 Å². The van der Waals surface area contributed by atoms with Crippen LogP contribution in [0.5, 0.6) is 0 Å². The van der Waals surface area contributed by atoms with E-state index in [0.29, 0.717) is 22.3 Å². The van der Waals surface area contributed by atoms with Crippen LogP contribution in [0.3, 0.4) is 0 Å². The average molecular weight is 1340 g/mol. The van der Waals surface area contributed by atoms with Gasteiger partial charge in [0.25, 0.3) is 0 Å². The summed E-state index contributed by atoms with van der Waals surface area (Å²) in [5.41, 5.74) is -4.49. The van der Waals surface area contributed by atoms with E-state index >= 15 is 0 Å². The minimum absolute atomic E-state index is 0.00657. The van der Waals surface area contributed by atoms with E-state index in [4.69, 9.17) is 57.9 Å². The number of rotatable bonds is 28. The summed E-state index contributed by atoms with van der Waals surface area (Å²) in [5, 5.41) is 5.22. The van der Waals surface area contributed by atoms with E-state index in [1.165, 1.54) is 17.3 Å². The quantitative estimate of drug-likeness (QED) is 0.0378. The highest BCUT2D eigenvalue weighted by Gasteiger charge is 2.34. The molecule has 0 saturated carbocycles. The predicted octanol–water partition coefficient (Wildman–Crippen LogP) is 9.39. The third-order valence-corrected chi connectivity index (χ3v) is 12.3. The summed E-state index contributed by atoms with van der Waals surface area (Å²) < 4.78 is 48.1. The molecule has 0 aliphatic heterocycles. The second-order valence-corrected chi connectivity index (χ2v) is 31.8. The molecule has 0 N–H and O–H groups in total. The van der Waals surface area contributed by atoms with Crippen molar-refractivity contribution in [2.75, 3.05) is 52.4 Å². The Hall–Kier alpha value is -7.74. The van der Waals surface area contributed by atoms with Gasteiger partial charge in [-0.2, -0.15) is 0 Å². The molecule has 0 spiro atoms. The standard InChI is InChI=1S/C71H107N9O16/c1-64(2,3)89-52(81)39-76(40-53(82)90-65(4,5)6)35-48-30-32-72-60(50(48)37-78(43-56(85)93-68(13,14)15)44-57(86)94-69(16,17)18)62-74-63(80(75-62)34-47-28-26-25-27-29-47)61-51(38-79(45-58(87)95-70(19,20)21)46-59(88)96-71(22,23)24)49(31-33-73-61)36-77(41-54(83)91-66(7,8)9)42-55(84)92-67(10,11)12/h25-33H,34-46H2,1-24H3. The van der Waals surface area contributed by atoms with Gasteiger partial charge in [0, 0.05) is 49.7 Å². The molecular formula is C71H107N9O16. The first kappa shape index (κ1) is 80.7. The fourth-order valence-corrected chi connectivity index (χ4v) is 9.63. The maximum Gasteiger partial charge on any atom is 0.320 e. The Labute approximate surface area is 567 Å². The molecule has 4 aromatic rings. The number of pyridine rings is 2. The molecule has 0 fully saturated rings. The second kappa shape index (κ2) is 33.0. The third kappa shape index (κ3) is 31.9. The first-order valence-corrected chi connectivity index (χ1v) is 32.3. The molecule has 0 radical (unpaired) electrons. The Morgan fingerprint density at radius 1 is 0.344 bits per heavy atom. The Morgan fingerprint density at radius 2 is 0.594 bits per heavy atom. The number of aromatic nitrogens is 5. The SMILES string of the molecule is CC(C)(C)OC(=O)CN(CC(=O)OC(C)(C)C)Cc1ccnc(-c2nc(-c3nccc(CN(CC(=O)OC(C)(C)C)CC(=O)OC(C)(C)C)c3CN(CC(=O)OC(C)(C)C)CC(=O)OC(C)(C)C)n(Cc3ccccc3)n2)c1CN(CC(=O)OC(C)(C)C)CC(=O)OC(C)(C)C. The largest absolute Gasteiger partial charge is 0.459 e. The predicted molar refractivity (Wildman–Crippen MR) is 360 cm³/mol. The Morgan fingerprint density at radius 3 is 0.865 bits per heavy atom. The first-order chi connectivity index (χ1) is 43.7. The number of hydrogen-bond acceptors (Lipinski definition) is 24. The second-order valence-electron chi connectivity index (χ2n) is 31.8. The lowest BCUT2D eigenvalue weighted by Gasteiger charge is -2.29. The molecule has 0 saturated heterocycles. The normalized spacial score (nSPS) is 12.8. The van der Waals surface area contributed by atoms with Crippen LogP contribution in [0.2, 0.25) is 0 Å². The lowest BCUT2D eigenvalue weighted by Crippen LogP contribution is -2.41. The number of esters is 8. The fourth-order valence-electron chi connectivity index (χ4n) is 9.63. The van der Waals surface area contributed by atoms with Gasteiger partial charge in [-0.05, 0) is 195 Å². The van der Waals surface area contributed by atoms with Gasteiger partial charge in [-0.15, -0.1) is 5.10 Å². The van der Waals surface area contributed by atoms with Crippen LogP contribution >= 0.6 is 0 Å². The van der Waals surface area contributed by atoms with Crippen molar-refractivity contribution in [3.05, 3.63) is 82.7 Å². The Bertz CT molecular complexity index is 3210. The zero-order valence-corrected chi connectivity index (χ0v) is 61.4. The molecule has 25 nitrogen and oxygen atoms in total. The van der Waals surface area contributed by atoms with Gasteiger partial charge in [0.05, 0.1) is 58.9 Å². The van der Waals surface area contributed by atoms with Crippen LogP contribution in [-0.4, -0.2) is 189 Å². The van der Waals surface area contributed by atoms with Gasteiger partial charge in [-0.1, -0.05) is 30.3 Å². The van der Waals surface area contributed by atoms with Crippen molar-refractivity contribution in [2.45, 2.75) is 244 Å². The molecule has 3 aromatic heterocycles. The molecule has 0 atom stereocenters. The maximum atomic E-state index is 14.0. The summed E-state index contributed by atoms with van der Waals surface area (Å²) in [6.45, 7) is 37.6. The van der Waals surface area contributed by atoms with Crippen LogP contribution in [-0.2, 0) is 109 Å². The minimum atomic E-state index is -0.922. The van der Waals surface area contributed by atoms with Crippen molar-refractivity contribution in [1.29, 1.82) is 0 Å². The van der Waals surface area contributed by atoms with Crippen molar-refractivity contribution in [1.82, 2.24) is 44.3 Å². The minimum Gasteiger partial charge on any atom is -0.459 e. The molecule has 96 heavy (non-hydrogen) atoms. The third-order valence-electron chi connectivity index (χ3n) is 12.3. The number of ether oxygens (including phenoxy) is 8. The monoisotopic (exact) mass is 1340 g/mol. The average Bonchev–Trinajstić information content (AvgIpc) is 1.57. The van der Waals surface area contributed by atoms with Gasteiger partial charge < -0.3 is 37.9 Å². The van der Waals surface area contributed by atoms with Crippen molar-refractivity contribution < 1.29 is 76.3 Å². The van der Waals surface area contributed by atoms with Crippen LogP contribution < -0.4 is 0 Å². The molecule has 0 amide bonds. The molecule has 1 aromatic carbocycles. The number of benzene rings is 1. The van der Waals surface area contributed by atoms with E-state index in [-0.39, 0.29) is 81.9 Å². The Balaban J connectivity index is 2.24. The highest BCUT2D eigenvalue weighted by Crippen LogP contribution is 2.32. The van der Waals surface area contributed by atoms with Gasteiger partial charge in [0.15, 0.2) is 5.82 Å². The zero-order valence-electron chi connectivity index (χ0n) is 61.4. The Kier molecular flexibility index (Phi) is 27.7. The van der Waals surface area contributed by atoms with E-state index in [0.717, 1.165) is 5.56 Å². The smallest absolute Gasteiger partial charge is 0.320 e. The summed E-state index contributed by atoms with van der Waals surface area (Å²) in [7, 11) is 0. The number of nitrogens with zero attached hydrogens (tertiary/aromatic N) is 9. The molecule has 0 unspecified atom stereocenters. The molecular weight excluding hydrogens is 1230 g/mol. The van der Waals surface area contributed by atoms with Crippen molar-refractivity contribution in [3.63, 3.8) is 0 Å². The fraction of sp³-hybridized carbons (Fsp3) is 0.634. The van der Waals surface area contributed by atoms with E-state index in [1.54, 1.807) is 198 Å². The van der Waals surface area contributed by atoms with Gasteiger partial charge in [-0.3, -0.25) is 67.9 Å². The van der Waals surface area contributed by atoms with Crippen LogP contribution in [0.15, 0.2) is 54.9 Å². The summed E-state index contributed by atoms with van der Waals surface area (Å²) in [6, 6.07) is 12.8. The van der Waals surface area contributed by atoms with Crippen LogP contribution in [0, 0.1) is 0 Å². The molecule has 25 heteroatoms. The zero-order chi connectivity index (χ0) is 72.7. The molecule has 4 rings (SSSR count). The molecule has 3 heterocycles. The van der Waals surface area contributed by atoms with Gasteiger partial charge in [0.2, 0.25) is 5.82 Å². The van der Waals surface area contributed by atoms with Crippen molar-refractivity contribution >= 4 is 47.8 Å². The summed E-state index contributed by atoms with van der Waals surface area (Å²) >= 11 is 0. The number of carbonyl (C=O) groups excluding carboxylic acids is 8. The van der Waals surface area contributed by atoms with Crippen LogP contribution in [0.25, 0.3) is 23.0 Å². The summed E-state index contributed by atoms with van der Waals surface area (Å²) in [4.78, 5) is 133. The highest BCUT2D eigenvalue weighted by atomic mass is 16.6. The van der Waals surface area contributed by atoms with E-state index < -0.39 is 119 Å². The lowest BCUT2D eigenvalue weighted by molar-refractivity contribution is -0.162. The van der Waals surface area contributed by atoms with Crippen LogP contribution in [0.1, 0.15) is 194 Å². The van der Waals surface area contributed by atoms with Crippen molar-refractivity contribution in [3.8, 4) is 23.0 Å². The van der Waals surface area contributed by atoms with Crippen LogP contribution in [0.4, 0.5) is 0 Å². The number of hydrogen-bond donors (Lipinski definition) is 0. The van der Waals surface area contributed by atoms with Crippen molar-refractivity contribution in [2.24, 2.45) is 0 Å². The topological polar surface area (TPSA) is 280 Å². The summed E-state index contributed by atoms with van der Waals surface area (Å²) in [5.74, 6) is -5.04. The highest BCUT2D eigenvalue weighted by molar-refractivity contribution is 5.78.